The maximum absolute atomic E-state index is 3.49. The van der Waals surface area contributed by atoms with Gasteiger partial charge in [0.15, 0.2) is 0 Å². The van der Waals surface area contributed by atoms with Crippen molar-refractivity contribution in [2.45, 2.75) is 0 Å². The number of nitrogens with one attached hydrogen (secondary N) is 1. The third-order valence-corrected chi connectivity index (χ3v) is 0.331. The summed E-state index contributed by atoms with van der Waals surface area (Å²) in [5.74, 6) is 0. The summed E-state index contributed by atoms with van der Waals surface area (Å²) < 4.78 is 0. The van der Waals surface area contributed by atoms with E-state index in [9.17, 15) is 0 Å². The van der Waals surface area contributed by atoms with E-state index in [0.29, 0.717) is 0 Å². The molecule has 0 fully saturated rings. The minimum atomic E-state index is 0. The van der Waals surface area contributed by atoms with Gasteiger partial charge in [-0.25, -0.2) is 0 Å². The molecule has 1 radical (unpaired) electrons. The molecule has 0 bridgehead atoms. The van der Waals surface area contributed by atoms with Gasteiger partial charge in [0, 0.05) is 34.1 Å². The molecule has 0 aliphatic carbocycles. The average Bonchev–Trinajstić information content (AvgIpc) is 1.76. The SMILES string of the molecule is [Cu].[Fe].c1cn[nH]n1. The predicted octanol–water partition coefficient (Wildman–Crippen LogP) is -0.200. The van der Waals surface area contributed by atoms with Crippen molar-refractivity contribution >= 4 is 0 Å². The summed E-state index contributed by atoms with van der Waals surface area (Å²) in [5, 5.41) is 9.33. The van der Waals surface area contributed by atoms with Gasteiger partial charge in [-0.2, -0.15) is 15.4 Å². The van der Waals surface area contributed by atoms with Crippen LogP contribution in [0, 0.1) is 0 Å². The molecular weight excluding hydrogens is 185 g/mol. The normalized spacial score (nSPS) is 5.71. The minimum Gasteiger partial charge on any atom is -0.198 e. The van der Waals surface area contributed by atoms with Crippen molar-refractivity contribution in [1.29, 1.82) is 0 Å². The van der Waals surface area contributed by atoms with Crippen LogP contribution in [-0.2, 0) is 34.1 Å². The number of H-pyrrole nitrogens is 1. The summed E-state index contributed by atoms with van der Waals surface area (Å²) in [6, 6.07) is 0. The van der Waals surface area contributed by atoms with E-state index >= 15 is 0 Å². The summed E-state index contributed by atoms with van der Waals surface area (Å²) in [5.41, 5.74) is 0. The molecule has 0 unspecified atom stereocenters. The molecule has 1 aromatic rings. The van der Waals surface area contributed by atoms with Crippen molar-refractivity contribution in [3.8, 4) is 0 Å². The number of aromatic amines is 1. The van der Waals surface area contributed by atoms with Gasteiger partial charge in [0.05, 0.1) is 12.4 Å². The second-order valence-electron chi connectivity index (χ2n) is 0.656. The van der Waals surface area contributed by atoms with Gasteiger partial charge in [-0.05, 0) is 0 Å². The minimum absolute atomic E-state index is 0. The summed E-state index contributed by atoms with van der Waals surface area (Å²) in [6.45, 7) is 0. The number of rotatable bonds is 0. The smallest absolute Gasteiger partial charge is 0.0690 e. The van der Waals surface area contributed by atoms with Crippen LogP contribution in [0.1, 0.15) is 0 Å². The molecule has 0 saturated carbocycles. The first-order valence-electron chi connectivity index (χ1n) is 1.30. The first-order valence-corrected chi connectivity index (χ1v) is 1.30. The van der Waals surface area contributed by atoms with Crippen LogP contribution >= 0.6 is 0 Å². The monoisotopic (exact) mass is 188 g/mol. The predicted molar refractivity (Wildman–Crippen MR) is 16.4 cm³/mol. The second kappa shape index (κ2) is 6.18. The Balaban J connectivity index is 0. The van der Waals surface area contributed by atoms with Gasteiger partial charge >= 0.3 is 0 Å². The van der Waals surface area contributed by atoms with Crippen LogP contribution in [0.25, 0.3) is 0 Å². The van der Waals surface area contributed by atoms with E-state index in [1.54, 1.807) is 12.4 Å². The van der Waals surface area contributed by atoms with Crippen molar-refractivity contribution in [3.63, 3.8) is 0 Å². The van der Waals surface area contributed by atoms with Crippen LogP contribution in [-0.4, -0.2) is 15.4 Å². The summed E-state index contributed by atoms with van der Waals surface area (Å²) in [4.78, 5) is 0. The third-order valence-electron chi connectivity index (χ3n) is 0.331. The maximum atomic E-state index is 3.49. The average molecular weight is 188 g/mol. The fourth-order valence-corrected chi connectivity index (χ4v) is 0.167. The molecule has 0 amide bonds. The Bertz CT molecular complexity index is 69.4. The number of aromatic nitrogens is 3. The van der Waals surface area contributed by atoms with Crippen LogP contribution in [0.3, 0.4) is 0 Å². The van der Waals surface area contributed by atoms with Crippen molar-refractivity contribution in [1.82, 2.24) is 15.4 Å². The first-order chi connectivity index (χ1) is 2.50. The van der Waals surface area contributed by atoms with Gasteiger partial charge in [-0.15, -0.1) is 0 Å². The van der Waals surface area contributed by atoms with Crippen LogP contribution in [0.4, 0.5) is 0 Å². The van der Waals surface area contributed by atoms with Gasteiger partial charge in [-0.3, -0.25) is 0 Å². The van der Waals surface area contributed by atoms with E-state index in [4.69, 9.17) is 0 Å². The Morgan fingerprint density at radius 2 is 1.57 bits per heavy atom. The molecular formula is C2H3CuFeN3. The molecule has 1 N–H and O–H groups in total. The zero-order chi connectivity index (χ0) is 3.54. The van der Waals surface area contributed by atoms with Crippen molar-refractivity contribution in [3.05, 3.63) is 12.4 Å². The van der Waals surface area contributed by atoms with E-state index in [-0.39, 0.29) is 34.1 Å². The zero-order valence-corrected chi connectivity index (χ0v) is 5.25. The quantitative estimate of drug-likeness (QED) is 0.573. The largest absolute Gasteiger partial charge is 0.198 e. The Morgan fingerprint density at radius 3 is 1.71 bits per heavy atom. The van der Waals surface area contributed by atoms with Gasteiger partial charge in [0.25, 0.3) is 0 Å². The van der Waals surface area contributed by atoms with Gasteiger partial charge in [0.1, 0.15) is 0 Å². The molecule has 0 spiro atoms. The number of hydrogen-bond acceptors (Lipinski definition) is 2. The van der Waals surface area contributed by atoms with Gasteiger partial charge in [0.2, 0.25) is 0 Å². The number of nitrogens with zero attached hydrogens (tertiary/aromatic N) is 2. The van der Waals surface area contributed by atoms with Crippen LogP contribution in [0.5, 0.6) is 0 Å². The van der Waals surface area contributed by atoms with Crippen LogP contribution in [0.15, 0.2) is 12.4 Å². The van der Waals surface area contributed by atoms with Gasteiger partial charge < -0.3 is 0 Å². The van der Waals surface area contributed by atoms with Gasteiger partial charge in [-0.1, -0.05) is 0 Å². The molecule has 7 heavy (non-hydrogen) atoms. The molecule has 1 heterocycles. The molecule has 0 atom stereocenters. The summed E-state index contributed by atoms with van der Waals surface area (Å²) in [6.07, 6.45) is 3.17. The van der Waals surface area contributed by atoms with E-state index in [1.165, 1.54) is 0 Å². The molecule has 45 valence electrons. The standard InChI is InChI=1S/C2H3N3.Cu.Fe/c1-2-4-5-3-1;;/h1-2H,(H,3,4,5);;. The molecule has 0 aliphatic heterocycles. The maximum Gasteiger partial charge on any atom is 0.0690 e. The van der Waals surface area contributed by atoms with Crippen LogP contribution in [0.2, 0.25) is 0 Å². The zero-order valence-electron chi connectivity index (χ0n) is 3.20. The van der Waals surface area contributed by atoms with Crippen molar-refractivity contribution in [2.75, 3.05) is 0 Å². The van der Waals surface area contributed by atoms with Crippen LogP contribution < -0.4 is 0 Å². The fourth-order valence-electron chi connectivity index (χ4n) is 0.167. The first kappa shape index (κ1) is 10.2. The molecule has 5 heteroatoms. The topological polar surface area (TPSA) is 41.6 Å². The van der Waals surface area contributed by atoms with Crippen molar-refractivity contribution < 1.29 is 34.1 Å². The second-order valence-corrected chi connectivity index (χ2v) is 0.656. The molecule has 0 aliphatic rings. The summed E-state index contributed by atoms with van der Waals surface area (Å²) in [7, 11) is 0. The van der Waals surface area contributed by atoms with Crippen molar-refractivity contribution in [2.24, 2.45) is 0 Å². The molecule has 1 aromatic heterocycles. The Labute approximate surface area is 62.2 Å². The van der Waals surface area contributed by atoms with E-state index in [0.717, 1.165) is 0 Å². The Kier molecular flexibility index (Phi) is 9.02. The fraction of sp³-hybridized carbons (Fsp3) is 0. The third kappa shape index (κ3) is 4.02. The van der Waals surface area contributed by atoms with E-state index < -0.39 is 0 Å². The molecule has 0 saturated heterocycles. The molecule has 0 aromatic carbocycles. The van der Waals surface area contributed by atoms with E-state index in [1.807, 2.05) is 0 Å². The summed E-state index contributed by atoms with van der Waals surface area (Å²) >= 11 is 0. The number of hydrogen-bond donors (Lipinski definition) is 1. The molecule has 1 rings (SSSR count). The Morgan fingerprint density at radius 1 is 1.14 bits per heavy atom. The van der Waals surface area contributed by atoms with E-state index in [2.05, 4.69) is 15.4 Å². The Hall–Kier alpha value is 0.179. The molecule has 3 nitrogen and oxygen atoms in total.